The van der Waals surface area contributed by atoms with Crippen LogP contribution in [-0.2, 0) is 6.18 Å². The van der Waals surface area contributed by atoms with Crippen molar-refractivity contribution in [2.75, 3.05) is 0 Å². The summed E-state index contributed by atoms with van der Waals surface area (Å²) in [5.74, 6) is -1.42. The molecule has 0 saturated heterocycles. The fourth-order valence-electron chi connectivity index (χ4n) is 1.96. The van der Waals surface area contributed by atoms with Crippen LogP contribution in [0.25, 0.3) is 16.9 Å². The van der Waals surface area contributed by atoms with Crippen molar-refractivity contribution >= 4 is 16.9 Å². The van der Waals surface area contributed by atoms with E-state index in [1.807, 2.05) is 0 Å². The van der Waals surface area contributed by atoms with Crippen LogP contribution in [0.5, 0.6) is 0 Å². The number of nitrogens with zero attached hydrogens (tertiary/aromatic N) is 3. The quantitative estimate of drug-likeness (QED) is 0.749. The highest BCUT2D eigenvalue weighted by atomic mass is 19.4. The fraction of sp³-hybridized carbons (Fsp3) is 0.0769. The molecule has 0 saturated carbocycles. The third kappa shape index (κ3) is 2.65. The molecule has 3 aromatic rings. The molecule has 0 amide bonds. The van der Waals surface area contributed by atoms with Crippen LogP contribution in [0.1, 0.15) is 15.9 Å². The van der Waals surface area contributed by atoms with Crippen LogP contribution in [-0.4, -0.2) is 30.8 Å². The number of hydrogen-bond acceptors (Lipinski definition) is 4. The van der Waals surface area contributed by atoms with E-state index in [4.69, 9.17) is 5.11 Å². The summed E-state index contributed by atoms with van der Waals surface area (Å²) in [4.78, 5) is 29.0. The molecule has 10 heteroatoms. The second kappa shape index (κ2) is 4.93. The van der Waals surface area contributed by atoms with Gasteiger partial charge in [-0.2, -0.15) is 18.3 Å². The third-order valence-electron chi connectivity index (χ3n) is 3.07. The number of carboxylic acid groups (broad SMARTS) is 1. The summed E-state index contributed by atoms with van der Waals surface area (Å²) in [6.45, 7) is 0. The van der Waals surface area contributed by atoms with E-state index in [0.29, 0.717) is 0 Å². The summed E-state index contributed by atoms with van der Waals surface area (Å²) >= 11 is 0. The first kappa shape index (κ1) is 14.8. The standard InChI is InChI=1S/C13H7F3N4O3/c14-13(15,16)7-1-2-8-9(3-7)18-12(19-10(8)21)20-5-6(4-17-20)11(22)23/h1-5H,(H,22,23)(H,18,19,21). The van der Waals surface area contributed by atoms with Gasteiger partial charge in [0.25, 0.3) is 5.56 Å². The average Bonchev–Trinajstić information content (AvgIpc) is 2.95. The second-order valence-electron chi connectivity index (χ2n) is 4.60. The zero-order valence-electron chi connectivity index (χ0n) is 11.1. The van der Waals surface area contributed by atoms with Crippen molar-refractivity contribution in [3.8, 4) is 5.95 Å². The summed E-state index contributed by atoms with van der Waals surface area (Å²) in [5.41, 5.74) is -1.94. The molecule has 0 aliphatic carbocycles. The minimum atomic E-state index is -4.57. The molecule has 3 rings (SSSR count). The van der Waals surface area contributed by atoms with Gasteiger partial charge in [0.15, 0.2) is 0 Å². The lowest BCUT2D eigenvalue weighted by molar-refractivity contribution is -0.137. The number of benzene rings is 1. The summed E-state index contributed by atoms with van der Waals surface area (Å²) in [6.07, 6.45) is -2.46. The predicted octanol–water partition coefficient (Wildman–Crippen LogP) is 1.83. The van der Waals surface area contributed by atoms with Gasteiger partial charge in [-0.05, 0) is 18.2 Å². The van der Waals surface area contributed by atoms with E-state index < -0.39 is 23.3 Å². The summed E-state index contributed by atoms with van der Waals surface area (Å²) < 4.78 is 39.2. The topological polar surface area (TPSA) is 101 Å². The molecule has 0 spiro atoms. The number of aromatic carboxylic acids is 1. The van der Waals surface area contributed by atoms with Crippen molar-refractivity contribution < 1.29 is 23.1 Å². The number of halogens is 3. The Kier molecular flexibility index (Phi) is 3.17. The Labute approximate surface area is 125 Å². The van der Waals surface area contributed by atoms with E-state index in [2.05, 4.69) is 15.1 Å². The molecular formula is C13H7F3N4O3. The molecule has 2 heterocycles. The van der Waals surface area contributed by atoms with E-state index in [-0.39, 0.29) is 22.4 Å². The molecule has 23 heavy (non-hydrogen) atoms. The SMILES string of the molecule is O=C(O)c1cnn(-c2nc3cc(C(F)(F)F)ccc3c(=O)[nH]2)c1. The van der Waals surface area contributed by atoms with Gasteiger partial charge in [0, 0.05) is 6.20 Å². The number of aromatic nitrogens is 4. The van der Waals surface area contributed by atoms with Gasteiger partial charge in [0.1, 0.15) is 0 Å². The summed E-state index contributed by atoms with van der Waals surface area (Å²) in [5, 5.41) is 12.5. The Morgan fingerprint density at radius 3 is 2.65 bits per heavy atom. The van der Waals surface area contributed by atoms with Crippen LogP contribution in [0.15, 0.2) is 35.4 Å². The van der Waals surface area contributed by atoms with E-state index in [1.54, 1.807) is 0 Å². The Morgan fingerprint density at radius 1 is 1.30 bits per heavy atom. The number of fused-ring (bicyclic) bond motifs is 1. The van der Waals surface area contributed by atoms with Crippen LogP contribution in [0.3, 0.4) is 0 Å². The third-order valence-corrected chi connectivity index (χ3v) is 3.07. The van der Waals surface area contributed by atoms with Crippen molar-refractivity contribution in [2.45, 2.75) is 6.18 Å². The lowest BCUT2D eigenvalue weighted by Crippen LogP contribution is -2.15. The maximum absolute atomic E-state index is 12.7. The maximum atomic E-state index is 12.7. The van der Waals surface area contributed by atoms with Gasteiger partial charge in [-0.1, -0.05) is 0 Å². The van der Waals surface area contributed by atoms with Crippen molar-refractivity contribution in [2.24, 2.45) is 0 Å². The monoisotopic (exact) mass is 324 g/mol. The highest BCUT2D eigenvalue weighted by Gasteiger charge is 2.30. The number of H-pyrrole nitrogens is 1. The number of rotatable bonds is 2. The first-order valence-corrected chi connectivity index (χ1v) is 6.15. The lowest BCUT2D eigenvalue weighted by Gasteiger charge is -2.08. The molecule has 2 aromatic heterocycles. The van der Waals surface area contributed by atoms with Crippen LogP contribution in [0.2, 0.25) is 0 Å². The zero-order chi connectivity index (χ0) is 16.8. The maximum Gasteiger partial charge on any atom is 0.416 e. The highest BCUT2D eigenvalue weighted by Crippen LogP contribution is 2.30. The number of hydrogen-bond donors (Lipinski definition) is 2. The van der Waals surface area contributed by atoms with E-state index >= 15 is 0 Å². The van der Waals surface area contributed by atoms with Crippen molar-refractivity contribution in [1.29, 1.82) is 0 Å². The molecule has 0 radical (unpaired) electrons. The van der Waals surface area contributed by atoms with E-state index in [9.17, 15) is 22.8 Å². The molecule has 118 valence electrons. The molecule has 0 fully saturated rings. The molecule has 2 N–H and O–H groups in total. The van der Waals surface area contributed by atoms with Crippen LogP contribution < -0.4 is 5.56 Å². The van der Waals surface area contributed by atoms with Crippen LogP contribution in [0.4, 0.5) is 13.2 Å². The van der Waals surface area contributed by atoms with E-state index in [0.717, 1.165) is 35.3 Å². The van der Waals surface area contributed by atoms with Gasteiger partial charge in [0.05, 0.1) is 28.2 Å². The number of carbonyl (C=O) groups is 1. The van der Waals surface area contributed by atoms with Gasteiger partial charge in [-0.3, -0.25) is 9.78 Å². The number of aromatic amines is 1. The first-order chi connectivity index (χ1) is 10.8. The largest absolute Gasteiger partial charge is 0.478 e. The average molecular weight is 324 g/mol. The molecule has 0 aliphatic rings. The minimum Gasteiger partial charge on any atom is -0.478 e. The van der Waals surface area contributed by atoms with Crippen molar-refractivity contribution in [1.82, 2.24) is 19.7 Å². The Bertz CT molecular complexity index is 974. The summed E-state index contributed by atoms with van der Waals surface area (Å²) in [7, 11) is 0. The molecule has 0 bridgehead atoms. The Hall–Kier alpha value is -3.17. The highest BCUT2D eigenvalue weighted by molar-refractivity contribution is 5.87. The van der Waals surface area contributed by atoms with Gasteiger partial charge in [-0.15, -0.1) is 0 Å². The van der Waals surface area contributed by atoms with Crippen molar-refractivity contribution in [3.63, 3.8) is 0 Å². The molecule has 0 aliphatic heterocycles. The Balaban J connectivity index is 2.18. The van der Waals surface area contributed by atoms with Crippen LogP contribution >= 0.6 is 0 Å². The van der Waals surface area contributed by atoms with E-state index in [1.165, 1.54) is 0 Å². The normalized spacial score (nSPS) is 11.8. The fourth-order valence-corrected chi connectivity index (χ4v) is 1.96. The first-order valence-electron chi connectivity index (χ1n) is 6.15. The Morgan fingerprint density at radius 2 is 2.04 bits per heavy atom. The van der Waals surface area contributed by atoms with Gasteiger partial charge in [0.2, 0.25) is 5.95 Å². The zero-order valence-corrected chi connectivity index (χ0v) is 11.1. The molecule has 0 unspecified atom stereocenters. The van der Waals surface area contributed by atoms with Gasteiger partial charge < -0.3 is 5.11 Å². The second-order valence-corrected chi connectivity index (χ2v) is 4.60. The van der Waals surface area contributed by atoms with Crippen LogP contribution in [0, 0.1) is 0 Å². The predicted molar refractivity (Wildman–Crippen MR) is 71.4 cm³/mol. The minimum absolute atomic E-state index is 0.0210. The molecule has 0 atom stereocenters. The van der Waals surface area contributed by atoms with Gasteiger partial charge >= 0.3 is 12.1 Å². The molecule has 1 aromatic carbocycles. The number of carboxylic acids is 1. The number of nitrogens with one attached hydrogen (secondary N) is 1. The smallest absolute Gasteiger partial charge is 0.416 e. The number of alkyl halides is 3. The summed E-state index contributed by atoms with van der Waals surface area (Å²) in [6, 6.07) is 2.56. The van der Waals surface area contributed by atoms with Crippen molar-refractivity contribution in [3.05, 3.63) is 52.1 Å². The molecule has 7 nitrogen and oxygen atoms in total. The van der Waals surface area contributed by atoms with Gasteiger partial charge in [-0.25, -0.2) is 14.5 Å². The lowest BCUT2D eigenvalue weighted by atomic mass is 10.1. The molecular weight excluding hydrogens is 317 g/mol.